The molecule has 0 aliphatic carbocycles. The summed E-state index contributed by atoms with van der Waals surface area (Å²) < 4.78 is 2.22. The maximum atomic E-state index is 4.60. The van der Waals surface area contributed by atoms with Crippen LogP contribution in [0.25, 0.3) is 0 Å². The van der Waals surface area contributed by atoms with Crippen molar-refractivity contribution in [3.63, 3.8) is 0 Å². The van der Waals surface area contributed by atoms with Gasteiger partial charge in [-0.1, -0.05) is 6.92 Å². The number of thiazole rings is 1. The zero-order valence-electron chi connectivity index (χ0n) is 14.9. The van der Waals surface area contributed by atoms with E-state index < -0.39 is 0 Å². The lowest BCUT2D eigenvalue weighted by atomic mass is 9.93. The van der Waals surface area contributed by atoms with E-state index in [1.54, 1.807) is 11.3 Å². The van der Waals surface area contributed by atoms with Crippen LogP contribution in [0.2, 0.25) is 0 Å². The Morgan fingerprint density at radius 2 is 2.29 bits per heavy atom. The third-order valence-corrected chi connectivity index (χ3v) is 5.88. The molecule has 0 amide bonds. The highest BCUT2D eigenvalue weighted by Gasteiger charge is 2.28. The van der Waals surface area contributed by atoms with E-state index in [4.69, 9.17) is 0 Å². The number of aliphatic imine (C=N–C) groups is 1. The van der Waals surface area contributed by atoms with Crippen LogP contribution in [0, 0.1) is 19.8 Å². The highest BCUT2D eigenvalue weighted by molar-refractivity contribution is 7.11. The predicted octanol–water partition coefficient (Wildman–Crippen LogP) is 2.61. The van der Waals surface area contributed by atoms with Crippen LogP contribution in [0.1, 0.15) is 35.0 Å². The van der Waals surface area contributed by atoms with Crippen molar-refractivity contribution in [2.45, 2.75) is 39.8 Å². The van der Waals surface area contributed by atoms with E-state index in [0.29, 0.717) is 12.0 Å². The van der Waals surface area contributed by atoms with E-state index in [1.165, 1.54) is 4.88 Å². The van der Waals surface area contributed by atoms with Gasteiger partial charge in [-0.05, 0) is 26.2 Å². The summed E-state index contributed by atoms with van der Waals surface area (Å²) in [5.74, 6) is 1.59. The molecule has 0 saturated carbocycles. The summed E-state index contributed by atoms with van der Waals surface area (Å²) >= 11 is 1.75. The number of guanidine groups is 1. The van der Waals surface area contributed by atoms with Gasteiger partial charge in [-0.25, -0.2) is 9.97 Å². The molecule has 130 valence electrons. The molecule has 2 aromatic rings. The monoisotopic (exact) mass is 346 g/mol. The molecule has 1 fully saturated rings. The predicted molar refractivity (Wildman–Crippen MR) is 98.4 cm³/mol. The van der Waals surface area contributed by atoms with Gasteiger partial charge >= 0.3 is 0 Å². The minimum atomic E-state index is 0.434. The molecular formula is C17H26N6S. The fourth-order valence-electron chi connectivity index (χ4n) is 3.20. The Hall–Kier alpha value is -1.89. The smallest absolute Gasteiger partial charge is 0.194 e. The van der Waals surface area contributed by atoms with Gasteiger partial charge in [-0.3, -0.25) is 4.99 Å². The fraction of sp³-hybridized carbons (Fsp3) is 0.588. The molecule has 2 aromatic heterocycles. The number of piperidine rings is 1. The van der Waals surface area contributed by atoms with Gasteiger partial charge in [0.05, 0.1) is 24.6 Å². The first kappa shape index (κ1) is 17.0. The molecule has 1 aliphatic heterocycles. The molecule has 0 spiro atoms. The second-order valence-corrected chi connectivity index (χ2v) is 7.73. The normalized spacial score (nSPS) is 22.0. The Morgan fingerprint density at radius 1 is 1.46 bits per heavy atom. The molecule has 6 nitrogen and oxygen atoms in total. The summed E-state index contributed by atoms with van der Waals surface area (Å²) in [4.78, 5) is 16.9. The Kier molecular flexibility index (Phi) is 5.18. The summed E-state index contributed by atoms with van der Waals surface area (Å²) in [6, 6.07) is 0.434. The number of aryl methyl sites for hydroxylation is 2. The molecule has 1 saturated heterocycles. The van der Waals surface area contributed by atoms with Crippen molar-refractivity contribution in [1.82, 2.24) is 24.8 Å². The SMILES string of the molecule is CN=C(NCc1nc(C)c(C)s1)N1CCC(C)C(n2ccnc2)C1. The van der Waals surface area contributed by atoms with Crippen LogP contribution in [0.3, 0.4) is 0 Å². The largest absolute Gasteiger partial charge is 0.350 e. The Labute approximate surface area is 147 Å². The molecule has 0 aromatic carbocycles. The second-order valence-electron chi connectivity index (χ2n) is 6.44. The van der Waals surface area contributed by atoms with E-state index in [9.17, 15) is 0 Å². The molecule has 24 heavy (non-hydrogen) atoms. The third-order valence-electron chi connectivity index (χ3n) is 4.81. The van der Waals surface area contributed by atoms with Crippen LogP contribution in [-0.2, 0) is 6.54 Å². The minimum absolute atomic E-state index is 0.434. The maximum Gasteiger partial charge on any atom is 0.194 e. The average molecular weight is 347 g/mol. The molecule has 3 heterocycles. The van der Waals surface area contributed by atoms with Crippen LogP contribution in [0.15, 0.2) is 23.7 Å². The number of nitrogens with one attached hydrogen (secondary N) is 1. The standard InChI is InChI=1S/C17H26N6S/c1-12-5-7-22(10-15(12)23-8-6-19-11-23)17(18-4)20-9-16-21-13(2)14(3)24-16/h6,8,11-12,15H,5,7,9-10H2,1-4H3,(H,18,20). The molecule has 0 bridgehead atoms. The van der Waals surface area contributed by atoms with E-state index in [-0.39, 0.29) is 0 Å². The lowest BCUT2D eigenvalue weighted by Crippen LogP contribution is -2.48. The van der Waals surface area contributed by atoms with Crippen molar-refractivity contribution >= 4 is 17.3 Å². The van der Waals surface area contributed by atoms with Crippen molar-refractivity contribution in [3.8, 4) is 0 Å². The van der Waals surface area contributed by atoms with Gasteiger partial charge < -0.3 is 14.8 Å². The lowest BCUT2D eigenvalue weighted by molar-refractivity contribution is 0.189. The number of rotatable bonds is 3. The number of hydrogen-bond acceptors (Lipinski definition) is 4. The first-order valence-corrected chi connectivity index (χ1v) is 9.26. The molecule has 0 radical (unpaired) electrons. The van der Waals surface area contributed by atoms with Gasteiger partial charge in [0, 0.05) is 37.4 Å². The van der Waals surface area contributed by atoms with Gasteiger partial charge in [0.2, 0.25) is 0 Å². The third kappa shape index (κ3) is 3.61. The van der Waals surface area contributed by atoms with Gasteiger partial charge in [-0.2, -0.15) is 0 Å². The second kappa shape index (κ2) is 7.34. The van der Waals surface area contributed by atoms with E-state index in [0.717, 1.165) is 42.7 Å². The van der Waals surface area contributed by atoms with Crippen LogP contribution >= 0.6 is 11.3 Å². The Balaban J connectivity index is 1.65. The van der Waals surface area contributed by atoms with Gasteiger partial charge in [0.1, 0.15) is 5.01 Å². The summed E-state index contributed by atoms with van der Waals surface area (Å²) in [6.45, 7) is 9.21. The van der Waals surface area contributed by atoms with Crippen LogP contribution in [0.4, 0.5) is 0 Å². The van der Waals surface area contributed by atoms with Gasteiger partial charge in [0.15, 0.2) is 5.96 Å². The summed E-state index contributed by atoms with van der Waals surface area (Å²) in [5.41, 5.74) is 1.12. The van der Waals surface area contributed by atoms with Gasteiger partial charge in [-0.15, -0.1) is 11.3 Å². The maximum absolute atomic E-state index is 4.60. The molecule has 2 unspecified atom stereocenters. The number of likely N-dealkylation sites (tertiary alicyclic amines) is 1. The number of nitrogens with zero attached hydrogens (tertiary/aromatic N) is 5. The molecule has 7 heteroatoms. The molecular weight excluding hydrogens is 320 g/mol. The highest BCUT2D eigenvalue weighted by atomic mass is 32.1. The fourth-order valence-corrected chi connectivity index (χ4v) is 4.07. The first-order chi connectivity index (χ1) is 11.6. The zero-order valence-corrected chi connectivity index (χ0v) is 15.7. The lowest BCUT2D eigenvalue weighted by Gasteiger charge is -2.39. The molecule has 2 atom stereocenters. The van der Waals surface area contributed by atoms with Crippen LogP contribution < -0.4 is 5.32 Å². The molecule has 1 aliphatic rings. The zero-order chi connectivity index (χ0) is 17.1. The minimum Gasteiger partial charge on any atom is -0.350 e. The Morgan fingerprint density at radius 3 is 2.92 bits per heavy atom. The summed E-state index contributed by atoms with van der Waals surface area (Å²) in [6.07, 6.45) is 6.98. The first-order valence-electron chi connectivity index (χ1n) is 8.44. The Bertz CT molecular complexity index is 671. The summed E-state index contributed by atoms with van der Waals surface area (Å²) in [5, 5.41) is 4.59. The van der Waals surface area contributed by atoms with Crippen molar-refractivity contribution < 1.29 is 0 Å². The van der Waals surface area contributed by atoms with Crippen molar-refractivity contribution in [2.75, 3.05) is 20.1 Å². The number of imidazole rings is 1. The van der Waals surface area contributed by atoms with Crippen LogP contribution in [0.5, 0.6) is 0 Å². The van der Waals surface area contributed by atoms with E-state index >= 15 is 0 Å². The number of aromatic nitrogens is 3. The van der Waals surface area contributed by atoms with Crippen molar-refractivity contribution in [3.05, 3.63) is 34.3 Å². The molecule has 3 rings (SSSR count). The number of hydrogen-bond donors (Lipinski definition) is 1. The summed E-state index contributed by atoms with van der Waals surface area (Å²) in [7, 11) is 1.85. The van der Waals surface area contributed by atoms with Crippen molar-refractivity contribution in [1.29, 1.82) is 0 Å². The van der Waals surface area contributed by atoms with E-state index in [1.807, 2.05) is 19.6 Å². The topological polar surface area (TPSA) is 58.3 Å². The van der Waals surface area contributed by atoms with Crippen LogP contribution in [-0.4, -0.2) is 45.5 Å². The van der Waals surface area contributed by atoms with Gasteiger partial charge in [0.25, 0.3) is 0 Å². The molecule has 1 N–H and O–H groups in total. The highest BCUT2D eigenvalue weighted by Crippen LogP contribution is 2.27. The quantitative estimate of drug-likeness (QED) is 0.686. The van der Waals surface area contributed by atoms with Crippen molar-refractivity contribution in [2.24, 2.45) is 10.9 Å². The average Bonchev–Trinajstić information content (AvgIpc) is 3.20. The van der Waals surface area contributed by atoms with E-state index in [2.05, 4.69) is 56.7 Å².